The summed E-state index contributed by atoms with van der Waals surface area (Å²) in [6.45, 7) is 4.36. The quantitative estimate of drug-likeness (QED) is 0.276. The second-order valence-corrected chi connectivity index (χ2v) is 9.17. The van der Waals surface area contributed by atoms with Crippen molar-refractivity contribution in [2.45, 2.75) is 20.5 Å². The van der Waals surface area contributed by atoms with Gasteiger partial charge in [-0.2, -0.15) is 0 Å². The van der Waals surface area contributed by atoms with Crippen molar-refractivity contribution in [1.29, 1.82) is 0 Å². The average Bonchev–Trinajstić information content (AvgIpc) is 2.84. The third-order valence-corrected chi connectivity index (χ3v) is 6.62. The maximum absolute atomic E-state index is 13.2. The molecule has 1 fully saturated rings. The van der Waals surface area contributed by atoms with Gasteiger partial charge in [0.1, 0.15) is 12.2 Å². The third kappa shape index (κ3) is 5.45. The Labute approximate surface area is 221 Å². The number of ether oxygens (including phenoxy) is 2. The predicted molar refractivity (Wildman–Crippen MR) is 141 cm³/mol. The van der Waals surface area contributed by atoms with E-state index in [1.165, 1.54) is 12.1 Å². The SMILES string of the molecule is CCOc1cc(/C=C2\C(=O)NC(=O)N(c3ccc(C)c(Cl)c3)C2=O)ccc1OCc1ccccc1Br. The summed E-state index contributed by atoms with van der Waals surface area (Å²) in [7, 11) is 0. The number of nitrogens with zero attached hydrogens (tertiary/aromatic N) is 1. The molecule has 0 atom stereocenters. The molecule has 1 heterocycles. The van der Waals surface area contributed by atoms with E-state index in [1.807, 2.05) is 31.2 Å². The molecule has 0 spiro atoms. The molecule has 0 unspecified atom stereocenters. The number of urea groups is 1. The first-order valence-corrected chi connectivity index (χ1v) is 12.3. The molecule has 1 saturated heterocycles. The van der Waals surface area contributed by atoms with Gasteiger partial charge in [0.2, 0.25) is 0 Å². The van der Waals surface area contributed by atoms with Crippen LogP contribution in [0, 0.1) is 6.92 Å². The summed E-state index contributed by atoms with van der Waals surface area (Å²) < 4.78 is 12.6. The number of halogens is 2. The molecule has 0 saturated carbocycles. The standard InChI is InChI=1S/C27H22BrClN2O5/c1-3-35-24-13-17(9-11-23(24)36-15-18-6-4-5-7-21(18)28)12-20-25(32)30-27(34)31(26(20)33)19-10-8-16(2)22(29)14-19/h4-14H,3,15H2,1-2H3,(H,30,32,34)/b20-12+. The van der Waals surface area contributed by atoms with Crippen molar-refractivity contribution < 1.29 is 23.9 Å². The number of carbonyl (C=O) groups is 3. The smallest absolute Gasteiger partial charge is 0.335 e. The Morgan fingerprint density at radius 2 is 1.78 bits per heavy atom. The molecule has 1 aliphatic rings. The molecule has 1 N–H and O–H groups in total. The number of barbiturate groups is 1. The number of hydrogen-bond acceptors (Lipinski definition) is 5. The Morgan fingerprint density at radius 1 is 1.00 bits per heavy atom. The average molecular weight is 570 g/mol. The first kappa shape index (κ1) is 25.5. The molecule has 0 aliphatic carbocycles. The molecular weight excluding hydrogens is 548 g/mol. The zero-order valence-electron chi connectivity index (χ0n) is 19.5. The number of aryl methyl sites for hydroxylation is 1. The van der Waals surface area contributed by atoms with Crippen LogP contribution in [0.4, 0.5) is 10.5 Å². The summed E-state index contributed by atoms with van der Waals surface area (Å²) in [6.07, 6.45) is 1.41. The summed E-state index contributed by atoms with van der Waals surface area (Å²) in [5.74, 6) is -0.566. The number of rotatable bonds is 7. The van der Waals surface area contributed by atoms with Crippen LogP contribution in [-0.4, -0.2) is 24.5 Å². The number of amides is 4. The van der Waals surface area contributed by atoms with E-state index in [0.717, 1.165) is 20.5 Å². The Bertz CT molecular complexity index is 1390. The minimum Gasteiger partial charge on any atom is -0.490 e. The van der Waals surface area contributed by atoms with Crippen molar-refractivity contribution in [2.24, 2.45) is 0 Å². The Kier molecular flexibility index (Phi) is 7.76. The van der Waals surface area contributed by atoms with Crippen molar-refractivity contribution in [2.75, 3.05) is 11.5 Å². The zero-order valence-corrected chi connectivity index (χ0v) is 21.9. The summed E-state index contributed by atoms with van der Waals surface area (Å²) in [5.41, 5.74) is 2.36. The van der Waals surface area contributed by atoms with Gasteiger partial charge in [0, 0.05) is 15.1 Å². The molecule has 0 aromatic heterocycles. The van der Waals surface area contributed by atoms with Crippen LogP contribution < -0.4 is 19.7 Å². The number of nitrogens with one attached hydrogen (secondary N) is 1. The second kappa shape index (κ2) is 11.0. The molecule has 184 valence electrons. The van der Waals surface area contributed by atoms with Gasteiger partial charge in [-0.05, 0) is 61.4 Å². The topological polar surface area (TPSA) is 84.9 Å². The highest BCUT2D eigenvalue weighted by molar-refractivity contribution is 9.10. The zero-order chi connectivity index (χ0) is 25.8. The minimum absolute atomic E-state index is 0.198. The number of imide groups is 2. The van der Waals surface area contributed by atoms with Crippen molar-refractivity contribution >= 4 is 57.1 Å². The third-order valence-electron chi connectivity index (χ3n) is 5.43. The van der Waals surface area contributed by atoms with Crippen LogP contribution in [0.3, 0.4) is 0 Å². The lowest BCUT2D eigenvalue weighted by Gasteiger charge is -2.26. The molecular formula is C27H22BrClN2O5. The van der Waals surface area contributed by atoms with E-state index in [0.29, 0.717) is 35.3 Å². The molecule has 0 bridgehead atoms. The van der Waals surface area contributed by atoms with E-state index in [1.54, 1.807) is 37.3 Å². The van der Waals surface area contributed by atoms with Crippen LogP contribution >= 0.6 is 27.5 Å². The molecule has 4 rings (SSSR count). The minimum atomic E-state index is -0.840. The van der Waals surface area contributed by atoms with Crippen LogP contribution in [0.1, 0.15) is 23.6 Å². The van der Waals surface area contributed by atoms with Gasteiger partial charge < -0.3 is 9.47 Å². The van der Waals surface area contributed by atoms with E-state index in [2.05, 4.69) is 21.2 Å². The van der Waals surface area contributed by atoms with Crippen LogP contribution in [0.2, 0.25) is 5.02 Å². The number of anilines is 1. The maximum atomic E-state index is 13.2. The first-order valence-electron chi connectivity index (χ1n) is 11.1. The van der Waals surface area contributed by atoms with Crippen LogP contribution in [0.25, 0.3) is 6.08 Å². The van der Waals surface area contributed by atoms with Gasteiger partial charge in [0.25, 0.3) is 11.8 Å². The Morgan fingerprint density at radius 3 is 2.50 bits per heavy atom. The maximum Gasteiger partial charge on any atom is 0.335 e. The first-order chi connectivity index (χ1) is 17.3. The number of hydrogen-bond donors (Lipinski definition) is 1. The lowest BCUT2D eigenvalue weighted by atomic mass is 10.1. The highest BCUT2D eigenvalue weighted by Crippen LogP contribution is 2.32. The molecule has 3 aromatic rings. The fourth-order valence-corrected chi connectivity index (χ4v) is 4.13. The van der Waals surface area contributed by atoms with Crippen LogP contribution in [-0.2, 0) is 16.2 Å². The lowest BCUT2D eigenvalue weighted by Crippen LogP contribution is -2.54. The van der Waals surface area contributed by atoms with Crippen LogP contribution in [0.15, 0.2) is 70.7 Å². The summed E-state index contributed by atoms with van der Waals surface area (Å²) >= 11 is 9.69. The summed E-state index contributed by atoms with van der Waals surface area (Å²) in [6, 6.07) is 16.8. The fraction of sp³-hybridized carbons (Fsp3) is 0.148. The number of benzene rings is 3. The lowest BCUT2D eigenvalue weighted by molar-refractivity contribution is -0.122. The Hall–Kier alpha value is -3.62. The largest absolute Gasteiger partial charge is 0.490 e. The Balaban J connectivity index is 1.63. The van der Waals surface area contributed by atoms with E-state index in [4.69, 9.17) is 21.1 Å². The highest BCUT2D eigenvalue weighted by Gasteiger charge is 2.37. The fourth-order valence-electron chi connectivity index (χ4n) is 3.55. The normalized spacial score (nSPS) is 14.7. The van der Waals surface area contributed by atoms with E-state index in [-0.39, 0.29) is 11.3 Å². The summed E-state index contributed by atoms with van der Waals surface area (Å²) in [5, 5.41) is 2.61. The predicted octanol–water partition coefficient (Wildman–Crippen LogP) is 6.06. The summed E-state index contributed by atoms with van der Waals surface area (Å²) in [4.78, 5) is 39.1. The van der Waals surface area contributed by atoms with Gasteiger partial charge >= 0.3 is 6.03 Å². The molecule has 3 aromatic carbocycles. The molecule has 0 radical (unpaired) electrons. The van der Waals surface area contributed by atoms with Crippen LogP contribution in [0.5, 0.6) is 11.5 Å². The molecule has 7 nitrogen and oxygen atoms in total. The molecule has 9 heteroatoms. The monoisotopic (exact) mass is 568 g/mol. The van der Waals surface area contributed by atoms with E-state index in [9.17, 15) is 14.4 Å². The van der Waals surface area contributed by atoms with E-state index < -0.39 is 17.8 Å². The highest BCUT2D eigenvalue weighted by atomic mass is 79.9. The van der Waals surface area contributed by atoms with Crippen molar-refractivity contribution in [3.8, 4) is 11.5 Å². The van der Waals surface area contributed by atoms with E-state index >= 15 is 0 Å². The number of carbonyl (C=O) groups excluding carboxylic acids is 3. The molecule has 1 aliphatic heterocycles. The van der Waals surface area contributed by atoms with Gasteiger partial charge in [-0.15, -0.1) is 0 Å². The van der Waals surface area contributed by atoms with Gasteiger partial charge in [0.15, 0.2) is 11.5 Å². The van der Waals surface area contributed by atoms with Gasteiger partial charge in [-0.3, -0.25) is 14.9 Å². The van der Waals surface area contributed by atoms with Crippen molar-refractivity contribution in [3.05, 3.63) is 92.4 Å². The van der Waals surface area contributed by atoms with Gasteiger partial charge in [-0.1, -0.05) is 57.9 Å². The second-order valence-electron chi connectivity index (χ2n) is 7.91. The molecule has 4 amide bonds. The van der Waals surface area contributed by atoms with Crippen molar-refractivity contribution in [3.63, 3.8) is 0 Å². The van der Waals surface area contributed by atoms with Gasteiger partial charge in [0.05, 0.1) is 12.3 Å². The van der Waals surface area contributed by atoms with Crippen molar-refractivity contribution in [1.82, 2.24) is 5.32 Å². The molecule has 36 heavy (non-hydrogen) atoms. The van der Waals surface area contributed by atoms with Gasteiger partial charge in [-0.25, -0.2) is 9.69 Å².